The van der Waals surface area contributed by atoms with Gasteiger partial charge in [0.1, 0.15) is 0 Å². The Labute approximate surface area is 77.3 Å². The molecular formula is C8H15N3O2. The van der Waals surface area contributed by atoms with Crippen molar-refractivity contribution < 1.29 is 9.59 Å². The van der Waals surface area contributed by atoms with Gasteiger partial charge in [0.2, 0.25) is 11.8 Å². The maximum absolute atomic E-state index is 11.1. The van der Waals surface area contributed by atoms with E-state index in [4.69, 9.17) is 0 Å². The molecule has 2 amide bonds. The number of nitrogens with one attached hydrogen (secondary N) is 3. The predicted molar refractivity (Wildman–Crippen MR) is 48.1 cm³/mol. The number of amides is 2. The average molecular weight is 185 g/mol. The van der Waals surface area contributed by atoms with Gasteiger partial charge in [-0.2, -0.15) is 0 Å². The molecule has 1 heterocycles. The van der Waals surface area contributed by atoms with Crippen molar-refractivity contribution in [1.29, 1.82) is 0 Å². The minimum absolute atomic E-state index is 0.0462. The first kappa shape index (κ1) is 9.98. The molecule has 13 heavy (non-hydrogen) atoms. The second kappa shape index (κ2) is 4.81. The maximum atomic E-state index is 11.1. The molecule has 0 unspecified atom stereocenters. The number of rotatable bonds is 4. The second-order valence-corrected chi connectivity index (χ2v) is 3.18. The zero-order valence-corrected chi connectivity index (χ0v) is 7.72. The van der Waals surface area contributed by atoms with E-state index in [1.807, 2.05) is 0 Å². The molecule has 1 fully saturated rings. The van der Waals surface area contributed by atoms with Crippen LogP contribution in [0.4, 0.5) is 0 Å². The van der Waals surface area contributed by atoms with Crippen molar-refractivity contribution >= 4 is 11.8 Å². The largest absolute Gasteiger partial charge is 0.358 e. The fraction of sp³-hybridized carbons (Fsp3) is 0.750. The zero-order chi connectivity index (χ0) is 9.68. The van der Waals surface area contributed by atoms with Crippen LogP contribution in [-0.2, 0) is 9.59 Å². The third-order valence-electron chi connectivity index (χ3n) is 2.07. The molecule has 0 spiro atoms. The fourth-order valence-corrected chi connectivity index (χ4v) is 1.09. The number of carbonyl (C=O) groups is 2. The van der Waals surface area contributed by atoms with Crippen LogP contribution in [0.2, 0.25) is 0 Å². The van der Waals surface area contributed by atoms with Crippen molar-refractivity contribution in [3.63, 3.8) is 0 Å². The van der Waals surface area contributed by atoms with Crippen LogP contribution in [-0.4, -0.2) is 38.5 Å². The van der Waals surface area contributed by atoms with Crippen LogP contribution in [0.3, 0.4) is 0 Å². The molecule has 0 aliphatic carbocycles. The lowest BCUT2D eigenvalue weighted by Gasteiger charge is -2.26. The standard InChI is InChI=1S/C8H15N3O2/c1-9-8(13)5-11-7(12)2-6-3-10-4-6/h6,10H,2-5H2,1H3,(H,9,13)(H,11,12). The van der Waals surface area contributed by atoms with E-state index in [1.165, 1.54) is 0 Å². The van der Waals surface area contributed by atoms with Crippen molar-refractivity contribution in [2.45, 2.75) is 6.42 Å². The molecule has 1 aliphatic heterocycles. The Morgan fingerprint density at radius 2 is 2.08 bits per heavy atom. The zero-order valence-electron chi connectivity index (χ0n) is 7.72. The first-order valence-electron chi connectivity index (χ1n) is 4.40. The van der Waals surface area contributed by atoms with Crippen molar-refractivity contribution in [3.8, 4) is 0 Å². The van der Waals surface area contributed by atoms with E-state index in [0.29, 0.717) is 12.3 Å². The summed E-state index contributed by atoms with van der Waals surface area (Å²) in [6, 6.07) is 0. The van der Waals surface area contributed by atoms with E-state index < -0.39 is 0 Å². The van der Waals surface area contributed by atoms with Crippen LogP contribution >= 0.6 is 0 Å². The molecule has 3 N–H and O–H groups in total. The highest BCUT2D eigenvalue weighted by molar-refractivity contribution is 5.84. The van der Waals surface area contributed by atoms with E-state index in [9.17, 15) is 9.59 Å². The average Bonchev–Trinajstić information content (AvgIpc) is 2.07. The molecular weight excluding hydrogens is 170 g/mol. The Morgan fingerprint density at radius 1 is 1.38 bits per heavy atom. The molecule has 0 bridgehead atoms. The Bertz CT molecular complexity index is 202. The van der Waals surface area contributed by atoms with Gasteiger partial charge >= 0.3 is 0 Å². The van der Waals surface area contributed by atoms with Crippen molar-refractivity contribution in [1.82, 2.24) is 16.0 Å². The monoisotopic (exact) mass is 185 g/mol. The van der Waals surface area contributed by atoms with Crippen LogP contribution in [0.5, 0.6) is 0 Å². The van der Waals surface area contributed by atoms with Crippen LogP contribution in [0.25, 0.3) is 0 Å². The quantitative estimate of drug-likeness (QED) is 0.497. The highest BCUT2D eigenvalue weighted by Crippen LogP contribution is 2.06. The van der Waals surface area contributed by atoms with Gasteiger partial charge in [-0.15, -0.1) is 0 Å². The highest BCUT2D eigenvalue weighted by Gasteiger charge is 2.19. The summed E-state index contributed by atoms with van der Waals surface area (Å²) in [6.07, 6.45) is 0.518. The molecule has 0 radical (unpaired) electrons. The van der Waals surface area contributed by atoms with Gasteiger partial charge in [0.05, 0.1) is 6.54 Å². The van der Waals surface area contributed by atoms with Crippen molar-refractivity contribution in [3.05, 3.63) is 0 Å². The molecule has 0 aromatic carbocycles. The molecule has 0 aromatic heterocycles. The molecule has 0 atom stereocenters. The summed E-state index contributed by atoms with van der Waals surface area (Å²) >= 11 is 0. The molecule has 0 saturated carbocycles. The molecule has 5 nitrogen and oxygen atoms in total. The van der Waals surface area contributed by atoms with Crippen LogP contribution in [0.15, 0.2) is 0 Å². The van der Waals surface area contributed by atoms with Crippen molar-refractivity contribution in [2.75, 3.05) is 26.7 Å². The van der Waals surface area contributed by atoms with Gasteiger partial charge in [-0.3, -0.25) is 9.59 Å². The molecule has 5 heteroatoms. The molecule has 74 valence electrons. The summed E-state index contributed by atoms with van der Waals surface area (Å²) in [7, 11) is 1.55. The Morgan fingerprint density at radius 3 is 2.54 bits per heavy atom. The van der Waals surface area contributed by atoms with Crippen LogP contribution < -0.4 is 16.0 Å². The number of carbonyl (C=O) groups excluding carboxylic acids is 2. The summed E-state index contributed by atoms with van der Waals surface area (Å²) in [5.41, 5.74) is 0. The molecule has 1 saturated heterocycles. The van der Waals surface area contributed by atoms with Gasteiger partial charge in [0.25, 0.3) is 0 Å². The molecule has 1 aliphatic rings. The summed E-state index contributed by atoms with van der Waals surface area (Å²) in [6.45, 7) is 1.90. The highest BCUT2D eigenvalue weighted by atomic mass is 16.2. The third-order valence-corrected chi connectivity index (χ3v) is 2.07. The first-order valence-corrected chi connectivity index (χ1v) is 4.40. The van der Waals surface area contributed by atoms with Crippen LogP contribution in [0, 0.1) is 5.92 Å². The van der Waals surface area contributed by atoms with E-state index >= 15 is 0 Å². The minimum Gasteiger partial charge on any atom is -0.358 e. The normalized spacial score (nSPS) is 16.1. The first-order chi connectivity index (χ1) is 6.22. The maximum Gasteiger partial charge on any atom is 0.239 e. The Kier molecular flexibility index (Phi) is 3.70. The number of hydrogen-bond donors (Lipinski definition) is 3. The SMILES string of the molecule is CNC(=O)CNC(=O)CC1CNC1. The van der Waals surface area contributed by atoms with E-state index in [0.717, 1.165) is 13.1 Å². The minimum atomic E-state index is -0.167. The lowest BCUT2D eigenvalue weighted by Crippen LogP contribution is -2.45. The van der Waals surface area contributed by atoms with Gasteiger partial charge < -0.3 is 16.0 Å². The number of hydrogen-bond acceptors (Lipinski definition) is 3. The van der Waals surface area contributed by atoms with Gasteiger partial charge in [-0.05, 0) is 19.0 Å². The van der Waals surface area contributed by atoms with Gasteiger partial charge in [0.15, 0.2) is 0 Å². The Balaban J connectivity index is 2.06. The molecule has 1 rings (SSSR count). The van der Waals surface area contributed by atoms with E-state index in [1.54, 1.807) is 7.05 Å². The van der Waals surface area contributed by atoms with Crippen molar-refractivity contribution in [2.24, 2.45) is 5.92 Å². The van der Waals surface area contributed by atoms with Gasteiger partial charge in [-0.1, -0.05) is 0 Å². The Hall–Kier alpha value is -1.10. The molecule has 0 aromatic rings. The van der Waals surface area contributed by atoms with Gasteiger partial charge in [-0.25, -0.2) is 0 Å². The third kappa shape index (κ3) is 3.42. The fourth-order valence-electron chi connectivity index (χ4n) is 1.09. The summed E-state index contributed by atoms with van der Waals surface area (Å²) < 4.78 is 0. The van der Waals surface area contributed by atoms with E-state index in [2.05, 4.69) is 16.0 Å². The predicted octanol–water partition coefficient (Wildman–Crippen LogP) is -1.54. The smallest absolute Gasteiger partial charge is 0.239 e. The second-order valence-electron chi connectivity index (χ2n) is 3.18. The number of likely N-dealkylation sites (N-methyl/N-ethyl adjacent to an activating group) is 1. The summed E-state index contributed by atoms with van der Waals surface area (Å²) in [4.78, 5) is 21.9. The lowest BCUT2D eigenvalue weighted by molar-refractivity contribution is -0.126. The van der Waals surface area contributed by atoms with E-state index in [-0.39, 0.29) is 18.4 Å². The summed E-state index contributed by atoms with van der Waals surface area (Å²) in [5.74, 6) is 0.236. The van der Waals surface area contributed by atoms with Gasteiger partial charge in [0, 0.05) is 13.5 Å². The topological polar surface area (TPSA) is 70.2 Å². The van der Waals surface area contributed by atoms with Crippen LogP contribution in [0.1, 0.15) is 6.42 Å². The lowest BCUT2D eigenvalue weighted by atomic mass is 9.99. The summed E-state index contributed by atoms with van der Waals surface area (Å²) in [5, 5.41) is 8.07.